The van der Waals surface area contributed by atoms with Gasteiger partial charge in [-0.2, -0.15) is 8.42 Å². The number of hydrogen-bond donors (Lipinski definition) is 4. The summed E-state index contributed by atoms with van der Waals surface area (Å²) >= 11 is 0. The Labute approximate surface area is 364 Å². The molecule has 1 saturated heterocycles. The second-order valence-corrected chi connectivity index (χ2v) is 17.0. The van der Waals surface area contributed by atoms with Gasteiger partial charge in [-0.25, -0.2) is 4.18 Å². The van der Waals surface area contributed by atoms with Crippen LogP contribution in [0.1, 0.15) is 181 Å². The SMILES string of the molecule is CCCCC/C=C\C/C=C\C/C=C\CCCCCCCCCOCC(COC1OC(CO)C(O)C(OS(=O)(=O)O)C1O)OC(=O)CCCCCCC/C=C\CCCCCC. The lowest BCUT2D eigenvalue weighted by molar-refractivity contribution is -0.301. The highest BCUT2D eigenvalue weighted by Crippen LogP contribution is 2.26. The van der Waals surface area contributed by atoms with Gasteiger partial charge in [-0.3, -0.25) is 9.35 Å². The van der Waals surface area contributed by atoms with Gasteiger partial charge >= 0.3 is 16.4 Å². The Morgan fingerprint density at radius 3 is 1.65 bits per heavy atom. The highest BCUT2D eigenvalue weighted by atomic mass is 32.3. The van der Waals surface area contributed by atoms with Crippen LogP contribution in [0.4, 0.5) is 0 Å². The largest absolute Gasteiger partial charge is 0.457 e. The predicted octanol–water partition coefficient (Wildman–Crippen LogP) is 9.97. The number of carbonyl (C=O) groups excluding carboxylic acids is 1. The fourth-order valence-corrected chi connectivity index (χ4v) is 7.36. The van der Waals surface area contributed by atoms with Gasteiger partial charge in [-0.15, -0.1) is 0 Å². The van der Waals surface area contributed by atoms with E-state index in [2.05, 4.69) is 66.6 Å². The van der Waals surface area contributed by atoms with Crippen LogP contribution in [0.25, 0.3) is 0 Å². The van der Waals surface area contributed by atoms with Crippen molar-refractivity contribution in [2.45, 2.75) is 218 Å². The van der Waals surface area contributed by atoms with E-state index >= 15 is 0 Å². The topological polar surface area (TPSA) is 178 Å². The van der Waals surface area contributed by atoms with E-state index in [1.807, 2.05) is 0 Å². The Hall–Kier alpha value is -1.94. The minimum atomic E-state index is -5.06. The summed E-state index contributed by atoms with van der Waals surface area (Å²) in [4.78, 5) is 12.8. The van der Waals surface area contributed by atoms with Crippen molar-refractivity contribution in [2.24, 2.45) is 0 Å². The molecule has 1 fully saturated rings. The van der Waals surface area contributed by atoms with Gasteiger partial charge in [0.1, 0.15) is 30.5 Å². The van der Waals surface area contributed by atoms with Crippen LogP contribution >= 0.6 is 0 Å². The zero-order valence-corrected chi connectivity index (χ0v) is 38.1. The highest BCUT2D eigenvalue weighted by molar-refractivity contribution is 7.80. The summed E-state index contributed by atoms with van der Waals surface area (Å²) in [5.41, 5.74) is 0. The van der Waals surface area contributed by atoms with Crippen LogP contribution in [0.2, 0.25) is 0 Å². The fraction of sp³-hybridized carbons (Fsp3) is 0.809. The first kappa shape index (κ1) is 56.1. The molecule has 0 aromatic heterocycles. The number of unbranched alkanes of at least 4 members (excludes halogenated alkanes) is 19. The molecule has 1 aliphatic rings. The summed E-state index contributed by atoms with van der Waals surface area (Å²) in [5, 5.41) is 30.7. The molecule has 0 amide bonds. The van der Waals surface area contributed by atoms with Crippen molar-refractivity contribution >= 4 is 16.4 Å². The van der Waals surface area contributed by atoms with Crippen molar-refractivity contribution in [3.63, 3.8) is 0 Å². The average Bonchev–Trinajstić information content (AvgIpc) is 3.22. The van der Waals surface area contributed by atoms with E-state index < -0.39 is 59.8 Å². The fourth-order valence-electron chi connectivity index (χ4n) is 6.85. The summed E-state index contributed by atoms with van der Waals surface area (Å²) in [5.74, 6) is -0.414. The van der Waals surface area contributed by atoms with Crippen molar-refractivity contribution in [1.82, 2.24) is 0 Å². The summed E-state index contributed by atoms with van der Waals surface area (Å²) in [6, 6.07) is 0. The Balaban J connectivity index is 2.41. The molecule has 0 aromatic carbocycles. The molecule has 0 aliphatic carbocycles. The number of allylic oxidation sites excluding steroid dienone is 8. The molecule has 13 heteroatoms. The third kappa shape index (κ3) is 31.8. The van der Waals surface area contributed by atoms with Gasteiger partial charge in [-0.1, -0.05) is 146 Å². The molecular formula is C47H84O12S. The third-order valence-corrected chi connectivity index (χ3v) is 10.9. The molecule has 1 heterocycles. The van der Waals surface area contributed by atoms with Gasteiger partial charge in [-0.05, 0) is 77.0 Å². The monoisotopic (exact) mass is 873 g/mol. The Kier molecular flexibility index (Phi) is 36.2. The number of rotatable bonds is 40. The lowest BCUT2D eigenvalue weighted by Crippen LogP contribution is -2.60. The molecule has 0 aromatic rings. The Bertz CT molecular complexity index is 1240. The number of carbonyl (C=O) groups is 1. The first-order chi connectivity index (χ1) is 29.1. The van der Waals surface area contributed by atoms with E-state index in [9.17, 15) is 28.5 Å². The molecule has 0 spiro atoms. The van der Waals surface area contributed by atoms with E-state index in [0.717, 1.165) is 83.5 Å². The molecule has 1 aliphatic heterocycles. The van der Waals surface area contributed by atoms with Gasteiger partial charge in [0.25, 0.3) is 0 Å². The number of aliphatic hydroxyl groups is 3. The molecule has 0 radical (unpaired) electrons. The molecule has 60 heavy (non-hydrogen) atoms. The van der Waals surface area contributed by atoms with Crippen LogP contribution in [0.3, 0.4) is 0 Å². The molecule has 0 bridgehead atoms. The number of ether oxygens (including phenoxy) is 4. The van der Waals surface area contributed by atoms with Gasteiger partial charge in [0.05, 0.1) is 19.8 Å². The minimum Gasteiger partial charge on any atom is -0.457 e. The molecule has 6 atom stereocenters. The number of hydrogen-bond acceptors (Lipinski definition) is 11. The van der Waals surface area contributed by atoms with Crippen LogP contribution in [-0.2, 0) is 38.3 Å². The second kappa shape index (κ2) is 38.7. The Morgan fingerprint density at radius 2 is 1.10 bits per heavy atom. The van der Waals surface area contributed by atoms with E-state index in [4.69, 9.17) is 23.5 Å². The maximum Gasteiger partial charge on any atom is 0.397 e. The van der Waals surface area contributed by atoms with Gasteiger partial charge < -0.3 is 34.3 Å². The van der Waals surface area contributed by atoms with Crippen molar-refractivity contribution in [2.75, 3.05) is 26.4 Å². The summed E-state index contributed by atoms with van der Waals surface area (Å²) in [7, 11) is -5.06. The standard InChI is InChI=1S/C47H84O12S/c1-3-5-7-9-11-13-15-17-18-19-20-21-22-23-25-27-29-31-33-35-37-55-39-41(40-56-47-45(51)46(59-60(52,53)54)44(50)42(38-48)58-47)57-43(49)36-34-32-30-28-26-24-16-14-12-10-8-6-4-2/h11,13-14,16-18,20-21,41-42,44-48,50-51H,3-10,12,15,19,22-40H2,1-2H3,(H,52,53,54)/b13-11-,16-14-,18-17-,21-20-. The lowest BCUT2D eigenvalue weighted by Gasteiger charge is -2.41. The maximum atomic E-state index is 12.8. The van der Waals surface area contributed by atoms with E-state index in [1.165, 1.54) is 70.6 Å². The summed E-state index contributed by atoms with van der Waals surface area (Å²) in [6.07, 6.45) is 37.1. The van der Waals surface area contributed by atoms with Gasteiger partial charge in [0.2, 0.25) is 0 Å². The van der Waals surface area contributed by atoms with E-state index in [-0.39, 0.29) is 19.6 Å². The normalized spacial score (nSPS) is 20.7. The van der Waals surface area contributed by atoms with Crippen molar-refractivity contribution in [1.29, 1.82) is 0 Å². The van der Waals surface area contributed by atoms with Crippen LogP contribution in [0.15, 0.2) is 48.6 Å². The van der Waals surface area contributed by atoms with Crippen LogP contribution in [0, 0.1) is 0 Å². The number of aliphatic hydroxyl groups excluding tert-OH is 3. The highest BCUT2D eigenvalue weighted by Gasteiger charge is 2.48. The van der Waals surface area contributed by atoms with Crippen LogP contribution < -0.4 is 0 Å². The molecule has 350 valence electrons. The maximum absolute atomic E-state index is 12.8. The molecule has 4 N–H and O–H groups in total. The molecule has 0 saturated carbocycles. The second-order valence-electron chi connectivity index (χ2n) is 16.0. The Morgan fingerprint density at radius 1 is 0.633 bits per heavy atom. The summed E-state index contributed by atoms with van der Waals surface area (Å²) in [6.45, 7) is 3.91. The zero-order chi connectivity index (χ0) is 43.9. The van der Waals surface area contributed by atoms with Gasteiger partial charge in [0.15, 0.2) is 6.29 Å². The predicted molar refractivity (Wildman–Crippen MR) is 239 cm³/mol. The quantitative estimate of drug-likeness (QED) is 0.0199. The van der Waals surface area contributed by atoms with E-state index in [1.54, 1.807) is 0 Å². The van der Waals surface area contributed by atoms with Crippen molar-refractivity contribution in [3.8, 4) is 0 Å². The molecular weight excluding hydrogens is 789 g/mol. The van der Waals surface area contributed by atoms with Gasteiger partial charge in [0, 0.05) is 13.0 Å². The smallest absolute Gasteiger partial charge is 0.397 e. The summed E-state index contributed by atoms with van der Waals surface area (Å²) < 4.78 is 59.1. The molecule has 6 unspecified atom stereocenters. The zero-order valence-electron chi connectivity index (χ0n) is 37.3. The van der Waals surface area contributed by atoms with Crippen molar-refractivity contribution < 1.29 is 56.2 Å². The first-order valence-corrected chi connectivity index (χ1v) is 24.8. The third-order valence-electron chi connectivity index (χ3n) is 10.4. The first-order valence-electron chi connectivity index (χ1n) is 23.4. The minimum absolute atomic E-state index is 0.0250. The van der Waals surface area contributed by atoms with Crippen LogP contribution in [0.5, 0.6) is 0 Å². The molecule has 1 rings (SSSR count). The van der Waals surface area contributed by atoms with E-state index in [0.29, 0.717) is 13.0 Å². The van der Waals surface area contributed by atoms with Crippen molar-refractivity contribution in [3.05, 3.63) is 48.6 Å². The van der Waals surface area contributed by atoms with Crippen LogP contribution in [-0.4, -0.2) is 97.5 Å². The number of esters is 1. The lowest BCUT2D eigenvalue weighted by atomic mass is 9.99. The average molecular weight is 873 g/mol. The molecule has 12 nitrogen and oxygen atoms in total.